The zero-order valence-corrected chi connectivity index (χ0v) is 13.4. The summed E-state index contributed by atoms with van der Waals surface area (Å²) in [5, 5.41) is 7.56. The lowest BCUT2D eigenvalue weighted by Crippen LogP contribution is -2.20. The molecule has 0 aliphatic carbocycles. The number of rotatable bonds is 5. The fraction of sp³-hybridized carbons (Fsp3) is 0.357. The molecule has 1 unspecified atom stereocenters. The highest BCUT2D eigenvalue weighted by molar-refractivity contribution is 7.89. The fourth-order valence-electron chi connectivity index (χ4n) is 2.28. The van der Waals surface area contributed by atoms with Crippen LogP contribution >= 0.6 is 0 Å². The van der Waals surface area contributed by atoms with Gasteiger partial charge in [0.25, 0.3) is 0 Å². The van der Waals surface area contributed by atoms with Gasteiger partial charge in [-0.25, -0.2) is 13.1 Å². The predicted molar refractivity (Wildman–Crippen MR) is 82.7 cm³/mol. The number of aromatic nitrogens is 2. The van der Waals surface area contributed by atoms with Crippen LogP contribution in [0.4, 0.5) is 5.69 Å². The summed E-state index contributed by atoms with van der Waals surface area (Å²) in [7, 11) is -0.228. The van der Waals surface area contributed by atoms with Gasteiger partial charge in [-0.05, 0) is 33.0 Å². The zero-order valence-electron chi connectivity index (χ0n) is 12.6. The van der Waals surface area contributed by atoms with Gasteiger partial charge in [0.15, 0.2) is 0 Å². The smallest absolute Gasteiger partial charge is 0.242 e. The topological polar surface area (TPSA) is 76.0 Å². The normalized spacial score (nSPS) is 13.1. The van der Waals surface area contributed by atoms with Crippen LogP contribution in [-0.4, -0.2) is 25.2 Å². The molecule has 0 saturated carbocycles. The Labute approximate surface area is 125 Å². The number of hydrogen-bond acceptors (Lipinski definition) is 4. The first-order valence-corrected chi connectivity index (χ1v) is 8.12. The monoisotopic (exact) mass is 308 g/mol. The Morgan fingerprint density at radius 2 is 1.95 bits per heavy atom. The standard InChI is InChI=1S/C14H20N4O2S/c1-10(12-9-18(4)17-11(12)2)16-13-7-5-6-8-14(13)21(19,20)15-3/h5-10,15-16H,1-4H3. The Morgan fingerprint density at radius 1 is 1.29 bits per heavy atom. The number of nitrogens with one attached hydrogen (secondary N) is 2. The third-order valence-corrected chi connectivity index (χ3v) is 4.81. The average Bonchev–Trinajstić information content (AvgIpc) is 2.78. The predicted octanol–water partition coefficient (Wildman–Crippen LogP) is 1.81. The molecule has 6 nitrogen and oxygen atoms in total. The second-order valence-corrected chi connectivity index (χ2v) is 6.77. The summed E-state index contributed by atoms with van der Waals surface area (Å²) in [6.07, 6.45) is 1.93. The van der Waals surface area contributed by atoms with E-state index in [1.807, 2.05) is 27.1 Å². The first-order chi connectivity index (χ1) is 9.85. The minimum atomic E-state index is -3.49. The molecule has 2 rings (SSSR count). The quantitative estimate of drug-likeness (QED) is 0.883. The molecule has 0 radical (unpaired) electrons. The van der Waals surface area contributed by atoms with Crippen molar-refractivity contribution in [3.8, 4) is 0 Å². The molecule has 1 aromatic carbocycles. The second-order valence-electron chi connectivity index (χ2n) is 4.91. The molecular formula is C14H20N4O2S. The maximum absolute atomic E-state index is 12.0. The van der Waals surface area contributed by atoms with Crippen molar-refractivity contribution in [1.29, 1.82) is 0 Å². The molecule has 2 N–H and O–H groups in total. The molecular weight excluding hydrogens is 288 g/mol. The van der Waals surface area contributed by atoms with E-state index in [0.717, 1.165) is 11.3 Å². The number of hydrogen-bond donors (Lipinski definition) is 2. The van der Waals surface area contributed by atoms with Crippen molar-refractivity contribution in [2.24, 2.45) is 7.05 Å². The highest BCUT2D eigenvalue weighted by Gasteiger charge is 2.18. The molecule has 21 heavy (non-hydrogen) atoms. The number of para-hydroxylation sites is 1. The number of aryl methyl sites for hydroxylation is 2. The molecule has 0 amide bonds. The van der Waals surface area contributed by atoms with Crippen molar-refractivity contribution >= 4 is 15.7 Å². The summed E-state index contributed by atoms with van der Waals surface area (Å²) in [4.78, 5) is 0.237. The van der Waals surface area contributed by atoms with Gasteiger partial charge >= 0.3 is 0 Å². The fourth-order valence-corrected chi connectivity index (χ4v) is 3.18. The minimum absolute atomic E-state index is 0.0492. The van der Waals surface area contributed by atoms with E-state index in [1.165, 1.54) is 7.05 Å². The Bertz CT molecular complexity index is 737. The van der Waals surface area contributed by atoms with E-state index in [0.29, 0.717) is 5.69 Å². The SMILES string of the molecule is CNS(=O)(=O)c1ccccc1NC(C)c1cn(C)nc1C. The molecule has 0 saturated heterocycles. The zero-order chi connectivity index (χ0) is 15.6. The van der Waals surface area contributed by atoms with Crippen molar-refractivity contribution in [2.45, 2.75) is 24.8 Å². The van der Waals surface area contributed by atoms with Gasteiger partial charge in [-0.15, -0.1) is 0 Å². The molecule has 2 aromatic rings. The average molecular weight is 308 g/mol. The lowest BCUT2D eigenvalue weighted by Gasteiger charge is -2.17. The summed E-state index contributed by atoms with van der Waals surface area (Å²) < 4.78 is 28.2. The summed E-state index contributed by atoms with van der Waals surface area (Å²) in [5.74, 6) is 0. The van der Waals surface area contributed by atoms with Crippen molar-refractivity contribution < 1.29 is 8.42 Å². The van der Waals surface area contributed by atoms with E-state index in [1.54, 1.807) is 28.9 Å². The summed E-state index contributed by atoms with van der Waals surface area (Å²) >= 11 is 0. The third-order valence-electron chi connectivity index (χ3n) is 3.34. The van der Waals surface area contributed by atoms with E-state index >= 15 is 0 Å². The van der Waals surface area contributed by atoms with Crippen LogP contribution in [0.25, 0.3) is 0 Å². The molecule has 114 valence electrons. The van der Waals surface area contributed by atoms with Gasteiger partial charge in [0.2, 0.25) is 10.0 Å². The lowest BCUT2D eigenvalue weighted by atomic mass is 10.1. The van der Waals surface area contributed by atoms with Gasteiger partial charge in [-0.1, -0.05) is 12.1 Å². The Balaban J connectivity index is 2.34. The van der Waals surface area contributed by atoms with Gasteiger partial charge < -0.3 is 5.32 Å². The number of nitrogens with zero attached hydrogens (tertiary/aromatic N) is 2. The van der Waals surface area contributed by atoms with E-state index in [2.05, 4.69) is 15.1 Å². The summed E-state index contributed by atoms with van der Waals surface area (Å²) in [6, 6.07) is 6.80. The first-order valence-electron chi connectivity index (χ1n) is 6.64. The van der Waals surface area contributed by atoms with Gasteiger partial charge in [0, 0.05) is 18.8 Å². The van der Waals surface area contributed by atoms with Crippen LogP contribution in [0.2, 0.25) is 0 Å². The van der Waals surface area contributed by atoms with Crippen LogP contribution in [-0.2, 0) is 17.1 Å². The third kappa shape index (κ3) is 3.25. The molecule has 0 spiro atoms. The van der Waals surface area contributed by atoms with Crippen molar-refractivity contribution in [3.05, 3.63) is 41.7 Å². The Kier molecular flexibility index (Phi) is 4.34. The largest absolute Gasteiger partial charge is 0.377 e. The van der Waals surface area contributed by atoms with Crippen molar-refractivity contribution in [1.82, 2.24) is 14.5 Å². The number of sulfonamides is 1. The van der Waals surface area contributed by atoms with Gasteiger partial charge in [-0.2, -0.15) is 5.10 Å². The Hall–Kier alpha value is -1.86. The molecule has 0 aliphatic heterocycles. The molecule has 1 aromatic heterocycles. The molecule has 0 fully saturated rings. The van der Waals surface area contributed by atoms with E-state index in [-0.39, 0.29) is 10.9 Å². The maximum atomic E-state index is 12.0. The van der Waals surface area contributed by atoms with E-state index < -0.39 is 10.0 Å². The summed E-state index contributed by atoms with van der Waals surface area (Å²) in [6.45, 7) is 3.91. The van der Waals surface area contributed by atoms with Crippen LogP contribution in [0.3, 0.4) is 0 Å². The second kappa shape index (κ2) is 5.87. The van der Waals surface area contributed by atoms with Crippen molar-refractivity contribution in [2.75, 3.05) is 12.4 Å². The number of benzene rings is 1. The summed E-state index contributed by atoms with van der Waals surface area (Å²) in [5.41, 5.74) is 2.53. The highest BCUT2D eigenvalue weighted by Crippen LogP contribution is 2.26. The first kappa shape index (κ1) is 15.5. The molecule has 7 heteroatoms. The van der Waals surface area contributed by atoms with Crippen LogP contribution in [0, 0.1) is 6.92 Å². The minimum Gasteiger partial charge on any atom is -0.377 e. The Morgan fingerprint density at radius 3 is 2.52 bits per heavy atom. The molecule has 1 atom stereocenters. The van der Waals surface area contributed by atoms with Gasteiger partial charge in [0.05, 0.1) is 17.4 Å². The molecule has 0 bridgehead atoms. The maximum Gasteiger partial charge on any atom is 0.242 e. The number of anilines is 1. The molecule has 0 aliphatic rings. The van der Waals surface area contributed by atoms with Crippen LogP contribution in [0.1, 0.15) is 24.2 Å². The van der Waals surface area contributed by atoms with E-state index in [9.17, 15) is 8.42 Å². The van der Waals surface area contributed by atoms with E-state index in [4.69, 9.17) is 0 Å². The van der Waals surface area contributed by atoms with Gasteiger partial charge in [0.1, 0.15) is 4.90 Å². The van der Waals surface area contributed by atoms with Crippen LogP contribution in [0.15, 0.2) is 35.4 Å². The van der Waals surface area contributed by atoms with Crippen LogP contribution < -0.4 is 10.0 Å². The lowest BCUT2D eigenvalue weighted by molar-refractivity contribution is 0.588. The highest BCUT2D eigenvalue weighted by atomic mass is 32.2. The van der Waals surface area contributed by atoms with Crippen LogP contribution in [0.5, 0.6) is 0 Å². The van der Waals surface area contributed by atoms with Crippen molar-refractivity contribution in [3.63, 3.8) is 0 Å². The molecule has 1 heterocycles. The van der Waals surface area contributed by atoms with Gasteiger partial charge in [-0.3, -0.25) is 4.68 Å².